The quantitative estimate of drug-likeness (QED) is 0.627. The fourth-order valence-corrected chi connectivity index (χ4v) is 2.06. The van der Waals surface area contributed by atoms with Gasteiger partial charge in [-0.25, -0.2) is 0 Å². The molecule has 21 heavy (non-hydrogen) atoms. The molecule has 2 atom stereocenters. The molecule has 1 aromatic rings. The minimum atomic E-state index is -0.0489. The van der Waals surface area contributed by atoms with Gasteiger partial charge in [0.05, 0.1) is 13.1 Å². The van der Waals surface area contributed by atoms with E-state index in [1.54, 1.807) is 0 Å². The summed E-state index contributed by atoms with van der Waals surface area (Å²) in [6.07, 6.45) is 0.917. The molecule has 0 saturated heterocycles. The first-order chi connectivity index (χ1) is 10.0. The van der Waals surface area contributed by atoms with Crippen LogP contribution in [0.1, 0.15) is 31.9 Å². The number of benzene rings is 1. The van der Waals surface area contributed by atoms with Crippen LogP contribution in [0.4, 0.5) is 0 Å². The van der Waals surface area contributed by atoms with Crippen LogP contribution in [-0.2, 0) is 9.59 Å². The highest BCUT2D eigenvalue weighted by molar-refractivity contribution is 5.79. The van der Waals surface area contributed by atoms with Crippen LogP contribution in [0.5, 0.6) is 0 Å². The summed E-state index contributed by atoms with van der Waals surface area (Å²) in [6, 6.07) is 9.80. The summed E-state index contributed by atoms with van der Waals surface area (Å²) < 4.78 is 0. The molecule has 0 saturated carbocycles. The molecule has 0 aliphatic rings. The van der Waals surface area contributed by atoms with Gasteiger partial charge in [-0.15, -0.1) is 0 Å². The Balaban J connectivity index is 2.34. The molecule has 3 N–H and O–H groups in total. The highest BCUT2D eigenvalue weighted by Crippen LogP contribution is 2.10. The van der Waals surface area contributed by atoms with Crippen molar-refractivity contribution in [1.82, 2.24) is 10.6 Å². The van der Waals surface area contributed by atoms with Gasteiger partial charge in [0.15, 0.2) is 13.1 Å². The second-order valence-electron chi connectivity index (χ2n) is 5.36. The van der Waals surface area contributed by atoms with Crippen LogP contribution in [0.2, 0.25) is 0 Å². The van der Waals surface area contributed by atoms with Gasteiger partial charge in [-0.1, -0.05) is 37.3 Å². The normalized spacial score (nSPS) is 13.3. The molecule has 0 spiro atoms. The smallest absolute Gasteiger partial charge is 0.275 e. The standard InChI is InChI=1S/C16H25N3O2/c1-4-10-17-15(20)11-19(3)12-16(21)18-13(2)14-8-6-5-7-9-14/h5-9,13H,4,10-12H2,1-3H3,(H,17,20)(H,18,21)/p+1/t13-/m0/s1. The van der Waals surface area contributed by atoms with Crippen LogP contribution >= 0.6 is 0 Å². The lowest BCUT2D eigenvalue weighted by molar-refractivity contribution is -0.862. The van der Waals surface area contributed by atoms with Gasteiger partial charge in [-0.05, 0) is 18.9 Å². The number of hydrogen-bond acceptors (Lipinski definition) is 2. The Morgan fingerprint density at radius 3 is 2.38 bits per heavy atom. The second-order valence-corrected chi connectivity index (χ2v) is 5.36. The van der Waals surface area contributed by atoms with E-state index in [2.05, 4.69) is 10.6 Å². The fourth-order valence-electron chi connectivity index (χ4n) is 2.06. The molecule has 0 aliphatic heterocycles. The average Bonchev–Trinajstić information content (AvgIpc) is 2.45. The van der Waals surface area contributed by atoms with E-state index in [0.29, 0.717) is 13.1 Å². The lowest BCUT2D eigenvalue weighted by Gasteiger charge is -2.17. The molecule has 0 aromatic heterocycles. The average molecular weight is 292 g/mol. The molecule has 2 amide bonds. The van der Waals surface area contributed by atoms with Crippen LogP contribution in [0.25, 0.3) is 0 Å². The molecule has 0 fully saturated rings. The van der Waals surface area contributed by atoms with Crippen LogP contribution in [-0.4, -0.2) is 38.5 Å². The van der Waals surface area contributed by atoms with Gasteiger partial charge in [-0.2, -0.15) is 0 Å². The SMILES string of the molecule is CCCNC(=O)C[NH+](C)CC(=O)N[C@@H](C)c1ccccc1. The van der Waals surface area contributed by atoms with Gasteiger partial charge >= 0.3 is 0 Å². The van der Waals surface area contributed by atoms with Crippen LogP contribution in [0, 0.1) is 0 Å². The van der Waals surface area contributed by atoms with E-state index < -0.39 is 0 Å². The lowest BCUT2D eigenvalue weighted by Crippen LogP contribution is -3.11. The van der Waals surface area contributed by atoms with E-state index >= 15 is 0 Å². The predicted molar refractivity (Wildman–Crippen MR) is 82.9 cm³/mol. The number of carbonyl (C=O) groups excluding carboxylic acids is 2. The maximum absolute atomic E-state index is 12.0. The predicted octanol–water partition coefficient (Wildman–Crippen LogP) is -0.0953. The van der Waals surface area contributed by atoms with Crippen molar-refractivity contribution in [3.8, 4) is 0 Å². The largest absolute Gasteiger partial charge is 0.351 e. The number of nitrogens with one attached hydrogen (secondary N) is 3. The van der Waals surface area contributed by atoms with Gasteiger partial charge in [0.1, 0.15) is 0 Å². The molecule has 0 radical (unpaired) electrons. The van der Waals surface area contributed by atoms with Crippen LogP contribution < -0.4 is 15.5 Å². The van der Waals surface area contributed by atoms with Crippen molar-refractivity contribution in [3.63, 3.8) is 0 Å². The van der Waals surface area contributed by atoms with Crippen molar-refractivity contribution in [2.45, 2.75) is 26.3 Å². The van der Waals surface area contributed by atoms with Crippen molar-refractivity contribution < 1.29 is 14.5 Å². The lowest BCUT2D eigenvalue weighted by atomic mass is 10.1. The summed E-state index contributed by atoms with van der Waals surface area (Å²) in [5, 5.41) is 5.76. The zero-order valence-electron chi connectivity index (χ0n) is 13.1. The van der Waals surface area contributed by atoms with Gasteiger partial charge < -0.3 is 15.5 Å². The van der Waals surface area contributed by atoms with Gasteiger partial charge in [-0.3, -0.25) is 9.59 Å². The minimum absolute atomic E-state index is 0.0155. The van der Waals surface area contributed by atoms with E-state index in [0.717, 1.165) is 16.9 Å². The second kappa shape index (κ2) is 9.13. The maximum Gasteiger partial charge on any atom is 0.275 e. The molecule has 0 aliphatic carbocycles. The first-order valence-corrected chi connectivity index (χ1v) is 7.45. The van der Waals surface area contributed by atoms with Gasteiger partial charge in [0.2, 0.25) is 0 Å². The summed E-state index contributed by atoms with van der Waals surface area (Å²) in [5.74, 6) is -0.0644. The third kappa shape index (κ3) is 6.90. The van der Waals surface area contributed by atoms with E-state index in [-0.39, 0.29) is 24.4 Å². The topological polar surface area (TPSA) is 62.6 Å². The molecule has 5 heteroatoms. The summed E-state index contributed by atoms with van der Waals surface area (Å²) >= 11 is 0. The van der Waals surface area contributed by atoms with Crippen molar-refractivity contribution in [3.05, 3.63) is 35.9 Å². The third-order valence-electron chi connectivity index (χ3n) is 3.17. The molecule has 1 rings (SSSR count). The monoisotopic (exact) mass is 292 g/mol. The molecular weight excluding hydrogens is 266 g/mol. The molecule has 1 unspecified atom stereocenters. The van der Waals surface area contributed by atoms with Gasteiger partial charge in [0, 0.05) is 6.54 Å². The molecule has 0 heterocycles. The summed E-state index contributed by atoms with van der Waals surface area (Å²) in [5.41, 5.74) is 1.07. The number of likely N-dealkylation sites (N-methyl/N-ethyl adjacent to an activating group) is 1. The summed E-state index contributed by atoms with van der Waals surface area (Å²) in [6.45, 7) is 5.25. The van der Waals surface area contributed by atoms with E-state index in [1.165, 1.54) is 0 Å². The van der Waals surface area contributed by atoms with Crippen molar-refractivity contribution >= 4 is 11.8 Å². The third-order valence-corrected chi connectivity index (χ3v) is 3.17. The van der Waals surface area contributed by atoms with Gasteiger partial charge in [0.25, 0.3) is 11.8 Å². The Kier molecular flexibility index (Phi) is 7.46. The highest BCUT2D eigenvalue weighted by Gasteiger charge is 2.15. The first-order valence-electron chi connectivity index (χ1n) is 7.45. The first kappa shape index (κ1) is 17.2. The number of carbonyl (C=O) groups is 2. The van der Waals surface area contributed by atoms with E-state index in [4.69, 9.17) is 0 Å². The summed E-state index contributed by atoms with van der Waals surface area (Å²) in [4.78, 5) is 24.4. The Morgan fingerprint density at radius 2 is 1.76 bits per heavy atom. The van der Waals surface area contributed by atoms with Crippen molar-refractivity contribution in [2.75, 3.05) is 26.7 Å². The fraction of sp³-hybridized carbons (Fsp3) is 0.500. The Morgan fingerprint density at radius 1 is 1.14 bits per heavy atom. The number of quaternary nitrogens is 1. The molecule has 0 bridgehead atoms. The zero-order valence-corrected chi connectivity index (χ0v) is 13.1. The Bertz CT molecular complexity index is 448. The Hall–Kier alpha value is -1.88. The minimum Gasteiger partial charge on any atom is -0.351 e. The van der Waals surface area contributed by atoms with E-state index in [1.807, 2.05) is 51.2 Å². The molecular formula is C16H26N3O2+. The number of rotatable bonds is 8. The zero-order chi connectivity index (χ0) is 15.7. The maximum atomic E-state index is 12.0. The van der Waals surface area contributed by atoms with Crippen LogP contribution in [0.15, 0.2) is 30.3 Å². The number of amides is 2. The number of hydrogen-bond donors (Lipinski definition) is 3. The van der Waals surface area contributed by atoms with Crippen LogP contribution in [0.3, 0.4) is 0 Å². The van der Waals surface area contributed by atoms with Crippen molar-refractivity contribution in [2.24, 2.45) is 0 Å². The molecule has 1 aromatic carbocycles. The van der Waals surface area contributed by atoms with Crippen molar-refractivity contribution in [1.29, 1.82) is 0 Å². The van der Waals surface area contributed by atoms with E-state index in [9.17, 15) is 9.59 Å². The molecule has 5 nitrogen and oxygen atoms in total. The molecule has 116 valence electrons. The Labute approximate surface area is 126 Å². The summed E-state index contributed by atoms with van der Waals surface area (Å²) in [7, 11) is 1.85. The highest BCUT2D eigenvalue weighted by atomic mass is 16.2.